The zero-order chi connectivity index (χ0) is 17.9. The fourth-order valence-electron chi connectivity index (χ4n) is 4.38. The first-order valence-electron chi connectivity index (χ1n) is 9.80. The highest BCUT2D eigenvalue weighted by atomic mass is 16.2. The van der Waals surface area contributed by atoms with Gasteiger partial charge < -0.3 is 9.80 Å². The van der Waals surface area contributed by atoms with Crippen molar-refractivity contribution < 1.29 is 9.59 Å². The van der Waals surface area contributed by atoms with Gasteiger partial charge in [0.05, 0.1) is 12.1 Å². The highest BCUT2D eigenvalue weighted by Gasteiger charge is 2.39. The van der Waals surface area contributed by atoms with Gasteiger partial charge in [0.2, 0.25) is 5.91 Å². The Hall–Kier alpha value is -2.02. The zero-order valence-electron chi connectivity index (χ0n) is 15.2. The number of piperazine rings is 1. The van der Waals surface area contributed by atoms with Gasteiger partial charge in [0, 0.05) is 57.7 Å². The van der Waals surface area contributed by atoms with Crippen LogP contribution in [0.3, 0.4) is 0 Å². The fraction of sp³-hybridized carbons (Fsp3) is 0.684. The minimum absolute atomic E-state index is 0.0585. The third kappa shape index (κ3) is 3.58. The number of amides is 2. The molecule has 4 rings (SSSR count). The van der Waals surface area contributed by atoms with Crippen LogP contribution in [0.4, 0.5) is 0 Å². The predicted octanol–water partition coefficient (Wildman–Crippen LogP) is 1.03. The highest BCUT2D eigenvalue weighted by molar-refractivity contribution is 5.94. The first-order chi connectivity index (χ1) is 12.7. The van der Waals surface area contributed by atoms with Gasteiger partial charge in [-0.05, 0) is 12.8 Å². The Labute approximate surface area is 154 Å². The summed E-state index contributed by atoms with van der Waals surface area (Å²) in [6.45, 7) is 4.62. The number of carbonyl (C=O) groups is 2. The van der Waals surface area contributed by atoms with Crippen LogP contribution in [0.1, 0.15) is 42.6 Å². The van der Waals surface area contributed by atoms with Crippen LogP contribution in [0.5, 0.6) is 0 Å². The van der Waals surface area contributed by atoms with Crippen LogP contribution in [0, 0.1) is 5.92 Å². The molecule has 0 spiro atoms. The van der Waals surface area contributed by atoms with E-state index in [4.69, 9.17) is 0 Å². The number of hydrogen-bond acceptors (Lipinski definition) is 5. The Kier molecular flexibility index (Phi) is 5.15. The van der Waals surface area contributed by atoms with Gasteiger partial charge in [-0.15, -0.1) is 0 Å². The SMILES string of the molecule is O=C(c1cnccn1)N1CC(C(=O)N2CCN(C3CCCCC3)CC2)C1. The normalized spacial score (nSPS) is 22.9. The summed E-state index contributed by atoms with van der Waals surface area (Å²) in [6, 6.07) is 0.727. The molecule has 2 amide bonds. The number of carbonyl (C=O) groups excluding carboxylic acids is 2. The standard InChI is InChI=1S/C19H27N5O2/c25-18(15-13-24(14-15)19(26)17-12-20-6-7-21-17)23-10-8-22(9-11-23)16-4-2-1-3-5-16/h6-7,12,15-16H,1-5,8-11,13-14H2. The Morgan fingerprint density at radius 3 is 2.31 bits per heavy atom. The molecule has 1 aliphatic carbocycles. The van der Waals surface area contributed by atoms with Crippen molar-refractivity contribution in [1.29, 1.82) is 0 Å². The molecule has 0 atom stereocenters. The molecule has 0 radical (unpaired) electrons. The van der Waals surface area contributed by atoms with Crippen molar-refractivity contribution in [2.24, 2.45) is 5.92 Å². The highest BCUT2D eigenvalue weighted by Crippen LogP contribution is 2.25. The molecule has 0 bridgehead atoms. The number of nitrogens with zero attached hydrogens (tertiary/aromatic N) is 5. The lowest BCUT2D eigenvalue weighted by molar-refractivity contribution is -0.142. The maximum atomic E-state index is 12.7. The minimum Gasteiger partial charge on any atom is -0.340 e. The van der Waals surface area contributed by atoms with E-state index in [0.29, 0.717) is 18.8 Å². The lowest BCUT2D eigenvalue weighted by Crippen LogP contribution is -2.59. The van der Waals surface area contributed by atoms with Crippen LogP contribution in [0.25, 0.3) is 0 Å². The second-order valence-corrected chi connectivity index (χ2v) is 7.65. The van der Waals surface area contributed by atoms with E-state index in [1.165, 1.54) is 44.5 Å². The van der Waals surface area contributed by atoms with E-state index in [1.54, 1.807) is 11.1 Å². The quantitative estimate of drug-likeness (QED) is 0.808. The van der Waals surface area contributed by atoms with Crippen LogP contribution in [-0.4, -0.2) is 81.8 Å². The van der Waals surface area contributed by atoms with Crippen molar-refractivity contribution in [3.63, 3.8) is 0 Å². The Bertz CT molecular complexity index is 633. The molecule has 140 valence electrons. The summed E-state index contributed by atoms with van der Waals surface area (Å²) in [5, 5.41) is 0. The third-order valence-corrected chi connectivity index (χ3v) is 6.02. The van der Waals surface area contributed by atoms with E-state index < -0.39 is 0 Å². The second kappa shape index (κ2) is 7.70. The van der Waals surface area contributed by atoms with E-state index >= 15 is 0 Å². The molecule has 0 aromatic carbocycles. The molecule has 0 N–H and O–H groups in total. The van der Waals surface area contributed by atoms with Gasteiger partial charge in [-0.1, -0.05) is 19.3 Å². The number of hydrogen-bond donors (Lipinski definition) is 0. The summed E-state index contributed by atoms with van der Waals surface area (Å²) in [5.74, 6) is 0.0117. The molecule has 7 heteroatoms. The first kappa shape index (κ1) is 17.4. The lowest BCUT2D eigenvalue weighted by atomic mass is 9.93. The van der Waals surface area contributed by atoms with Gasteiger partial charge in [0.1, 0.15) is 5.69 Å². The van der Waals surface area contributed by atoms with Crippen molar-refractivity contribution in [2.75, 3.05) is 39.3 Å². The maximum Gasteiger partial charge on any atom is 0.274 e. The van der Waals surface area contributed by atoms with Gasteiger partial charge in [0.15, 0.2) is 0 Å². The topological polar surface area (TPSA) is 69.6 Å². The molecule has 3 fully saturated rings. The average molecular weight is 357 g/mol. The molecule has 1 saturated carbocycles. The number of likely N-dealkylation sites (tertiary alicyclic amines) is 1. The Morgan fingerprint density at radius 1 is 0.923 bits per heavy atom. The molecule has 2 saturated heterocycles. The van der Waals surface area contributed by atoms with Crippen molar-refractivity contribution in [2.45, 2.75) is 38.1 Å². The number of aromatic nitrogens is 2. The molecule has 0 unspecified atom stereocenters. The average Bonchev–Trinajstić information content (AvgIpc) is 2.68. The van der Waals surface area contributed by atoms with Gasteiger partial charge in [-0.3, -0.25) is 19.5 Å². The summed E-state index contributed by atoms with van der Waals surface area (Å²) in [6.07, 6.45) is 11.2. The van der Waals surface area contributed by atoms with Crippen LogP contribution in [0.2, 0.25) is 0 Å². The maximum absolute atomic E-state index is 12.7. The van der Waals surface area contributed by atoms with Crippen molar-refractivity contribution in [3.8, 4) is 0 Å². The molecule has 2 aliphatic heterocycles. The predicted molar refractivity (Wildman–Crippen MR) is 96.5 cm³/mol. The van der Waals surface area contributed by atoms with Gasteiger partial charge in [-0.25, -0.2) is 4.98 Å². The third-order valence-electron chi connectivity index (χ3n) is 6.02. The fourth-order valence-corrected chi connectivity index (χ4v) is 4.38. The summed E-state index contributed by atoms with van der Waals surface area (Å²) in [5.41, 5.74) is 0.347. The zero-order valence-corrected chi connectivity index (χ0v) is 15.2. The van der Waals surface area contributed by atoms with E-state index in [0.717, 1.165) is 32.2 Å². The van der Waals surface area contributed by atoms with Gasteiger partial charge >= 0.3 is 0 Å². The second-order valence-electron chi connectivity index (χ2n) is 7.65. The van der Waals surface area contributed by atoms with E-state index in [1.807, 2.05) is 4.90 Å². The van der Waals surface area contributed by atoms with Gasteiger partial charge in [0.25, 0.3) is 5.91 Å². The largest absolute Gasteiger partial charge is 0.340 e. The van der Waals surface area contributed by atoms with Crippen molar-refractivity contribution in [1.82, 2.24) is 24.7 Å². The molecular formula is C19H27N5O2. The van der Waals surface area contributed by atoms with Crippen LogP contribution in [0.15, 0.2) is 18.6 Å². The van der Waals surface area contributed by atoms with E-state index in [9.17, 15) is 9.59 Å². The summed E-state index contributed by atoms with van der Waals surface area (Å²) in [4.78, 5) is 39.2. The van der Waals surface area contributed by atoms with Crippen molar-refractivity contribution >= 4 is 11.8 Å². The smallest absolute Gasteiger partial charge is 0.274 e. The molecule has 26 heavy (non-hydrogen) atoms. The molecule has 1 aromatic rings. The van der Waals surface area contributed by atoms with Crippen LogP contribution >= 0.6 is 0 Å². The lowest BCUT2D eigenvalue weighted by Gasteiger charge is -2.44. The van der Waals surface area contributed by atoms with Crippen LogP contribution < -0.4 is 0 Å². The molecular weight excluding hydrogens is 330 g/mol. The van der Waals surface area contributed by atoms with E-state index in [2.05, 4.69) is 14.9 Å². The van der Waals surface area contributed by atoms with Crippen molar-refractivity contribution in [3.05, 3.63) is 24.3 Å². The molecule has 3 heterocycles. The summed E-state index contributed by atoms with van der Waals surface area (Å²) in [7, 11) is 0. The molecule has 7 nitrogen and oxygen atoms in total. The number of rotatable bonds is 3. The van der Waals surface area contributed by atoms with Gasteiger partial charge in [-0.2, -0.15) is 0 Å². The Balaban J connectivity index is 1.23. The summed E-state index contributed by atoms with van der Waals surface area (Å²) >= 11 is 0. The molecule has 3 aliphatic rings. The molecule has 1 aromatic heterocycles. The summed E-state index contributed by atoms with van der Waals surface area (Å²) < 4.78 is 0. The monoisotopic (exact) mass is 357 g/mol. The van der Waals surface area contributed by atoms with Crippen LogP contribution in [-0.2, 0) is 4.79 Å². The van der Waals surface area contributed by atoms with E-state index in [-0.39, 0.29) is 17.7 Å². The Morgan fingerprint density at radius 2 is 1.65 bits per heavy atom. The first-order valence-corrected chi connectivity index (χ1v) is 9.80. The minimum atomic E-state index is -0.135.